The number of thioether (sulfide) groups is 1. The predicted molar refractivity (Wildman–Crippen MR) is 120 cm³/mol. The third-order valence-electron chi connectivity index (χ3n) is 4.79. The normalized spacial score (nSPS) is 10.8. The van der Waals surface area contributed by atoms with Gasteiger partial charge in [-0.1, -0.05) is 48.2 Å². The van der Waals surface area contributed by atoms with Gasteiger partial charge in [-0.25, -0.2) is 9.78 Å². The van der Waals surface area contributed by atoms with Gasteiger partial charge >= 0.3 is 5.97 Å². The molecule has 0 unspecified atom stereocenters. The van der Waals surface area contributed by atoms with E-state index < -0.39 is 5.97 Å². The molecule has 0 bridgehead atoms. The molecule has 0 fully saturated rings. The summed E-state index contributed by atoms with van der Waals surface area (Å²) < 4.78 is 10.5. The number of aryl methyl sites for hydroxylation is 1. The smallest absolute Gasteiger partial charge is 0.337 e. The van der Waals surface area contributed by atoms with Crippen molar-refractivity contribution in [2.24, 2.45) is 0 Å². The highest BCUT2D eigenvalue weighted by Crippen LogP contribution is 2.28. The van der Waals surface area contributed by atoms with Crippen molar-refractivity contribution in [3.8, 4) is 0 Å². The minimum absolute atomic E-state index is 0.251. The molecule has 0 aliphatic heterocycles. The molecule has 31 heavy (non-hydrogen) atoms. The summed E-state index contributed by atoms with van der Waals surface area (Å²) in [6, 6.07) is 20.0. The van der Waals surface area contributed by atoms with Crippen LogP contribution in [0.1, 0.15) is 31.8 Å². The van der Waals surface area contributed by atoms with Gasteiger partial charge in [-0.05, 0) is 48.4 Å². The first-order valence-corrected chi connectivity index (χ1v) is 10.6. The van der Waals surface area contributed by atoms with Gasteiger partial charge in [0.1, 0.15) is 5.52 Å². The van der Waals surface area contributed by atoms with Crippen molar-refractivity contribution < 1.29 is 18.7 Å². The highest BCUT2D eigenvalue weighted by molar-refractivity contribution is 7.98. The topological polar surface area (TPSA) is 81.4 Å². The van der Waals surface area contributed by atoms with Gasteiger partial charge in [0.2, 0.25) is 0 Å². The van der Waals surface area contributed by atoms with Crippen molar-refractivity contribution in [2.45, 2.75) is 17.9 Å². The number of hydrogen-bond donors (Lipinski definition) is 1. The van der Waals surface area contributed by atoms with Crippen LogP contribution in [0.4, 0.5) is 5.69 Å². The lowest BCUT2D eigenvalue weighted by Gasteiger charge is -2.12. The van der Waals surface area contributed by atoms with E-state index in [1.165, 1.54) is 18.9 Å². The molecule has 0 aliphatic carbocycles. The fourth-order valence-corrected chi connectivity index (χ4v) is 3.95. The van der Waals surface area contributed by atoms with E-state index in [-0.39, 0.29) is 5.91 Å². The van der Waals surface area contributed by atoms with Crippen LogP contribution in [0.15, 0.2) is 76.4 Å². The Balaban J connectivity index is 1.52. The number of rotatable bonds is 6. The van der Waals surface area contributed by atoms with Crippen molar-refractivity contribution >= 4 is 40.4 Å². The molecule has 156 valence electrons. The molecule has 1 heterocycles. The monoisotopic (exact) mass is 432 g/mol. The Hall–Kier alpha value is -3.58. The second-order valence-corrected chi connectivity index (χ2v) is 7.80. The lowest BCUT2D eigenvalue weighted by Crippen LogP contribution is -2.15. The third kappa shape index (κ3) is 4.62. The van der Waals surface area contributed by atoms with E-state index >= 15 is 0 Å². The van der Waals surface area contributed by atoms with Gasteiger partial charge in [0.05, 0.1) is 12.7 Å². The number of ether oxygens (including phenoxy) is 1. The summed E-state index contributed by atoms with van der Waals surface area (Å²) in [7, 11) is 1.32. The van der Waals surface area contributed by atoms with Gasteiger partial charge in [-0.3, -0.25) is 4.79 Å². The number of methoxy groups -OCH3 is 1. The SMILES string of the molecule is COC(=O)c1ccc(C)c(NC(=O)c2ccccc2CSc2nc3ccccc3o2)c1. The summed E-state index contributed by atoms with van der Waals surface area (Å²) in [5.74, 6) is -0.179. The number of carbonyl (C=O) groups is 2. The second kappa shape index (κ2) is 9.06. The first kappa shape index (κ1) is 20.7. The quantitative estimate of drug-likeness (QED) is 0.321. The molecule has 3 aromatic carbocycles. The van der Waals surface area contributed by atoms with Crippen LogP contribution in [0.5, 0.6) is 0 Å². The Morgan fingerprint density at radius 2 is 1.84 bits per heavy atom. The van der Waals surface area contributed by atoms with Crippen molar-refractivity contribution in [3.63, 3.8) is 0 Å². The van der Waals surface area contributed by atoms with Gasteiger partial charge in [0.25, 0.3) is 11.1 Å². The Morgan fingerprint density at radius 3 is 2.65 bits per heavy atom. The molecule has 0 radical (unpaired) electrons. The van der Waals surface area contributed by atoms with Crippen molar-refractivity contribution in [1.82, 2.24) is 4.98 Å². The number of nitrogens with one attached hydrogen (secondary N) is 1. The van der Waals surface area contributed by atoms with E-state index in [9.17, 15) is 9.59 Å². The number of nitrogens with zero attached hydrogens (tertiary/aromatic N) is 1. The molecule has 1 N–H and O–H groups in total. The first-order chi connectivity index (χ1) is 15.0. The number of esters is 1. The standard InChI is InChI=1S/C24H20N2O4S/c1-15-11-12-16(23(28)29-2)13-20(15)25-22(27)18-8-4-3-7-17(18)14-31-24-26-19-9-5-6-10-21(19)30-24/h3-13H,14H2,1-2H3,(H,25,27). The van der Waals surface area contributed by atoms with E-state index in [1.807, 2.05) is 49.4 Å². The number of aromatic nitrogens is 1. The summed E-state index contributed by atoms with van der Waals surface area (Å²) in [6.45, 7) is 1.87. The van der Waals surface area contributed by atoms with Crippen LogP contribution in [-0.4, -0.2) is 24.0 Å². The lowest BCUT2D eigenvalue weighted by molar-refractivity contribution is 0.0600. The predicted octanol–water partition coefficient (Wildman–Crippen LogP) is 5.47. The summed E-state index contributed by atoms with van der Waals surface area (Å²) in [4.78, 5) is 29.3. The first-order valence-electron chi connectivity index (χ1n) is 9.62. The molecule has 1 aromatic heterocycles. The van der Waals surface area contributed by atoms with E-state index in [1.54, 1.807) is 24.3 Å². The van der Waals surface area contributed by atoms with Crippen molar-refractivity contribution in [2.75, 3.05) is 12.4 Å². The van der Waals surface area contributed by atoms with Crippen molar-refractivity contribution in [3.05, 3.63) is 89.0 Å². The Bertz CT molecular complexity index is 1230. The summed E-state index contributed by atoms with van der Waals surface area (Å²) in [5.41, 5.74) is 4.73. The molecule has 6 nitrogen and oxygen atoms in total. The average molecular weight is 433 g/mol. The number of oxazole rings is 1. The Morgan fingerprint density at radius 1 is 1.06 bits per heavy atom. The van der Waals surface area contributed by atoms with Crippen LogP contribution in [0, 0.1) is 6.92 Å². The molecule has 0 atom stereocenters. The molecule has 0 saturated heterocycles. The largest absolute Gasteiger partial charge is 0.465 e. The maximum absolute atomic E-state index is 13.0. The number of anilines is 1. The maximum atomic E-state index is 13.0. The van der Waals surface area contributed by atoms with E-state index in [0.29, 0.717) is 27.8 Å². The molecular weight excluding hydrogens is 412 g/mol. The van der Waals surface area contributed by atoms with Gasteiger partial charge in [0.15, 0.2) is 5.58 Å². The summed E-state index contributed by atoms with van der Waals surface area (Å²) in [5, 5.41) is 3.46. The molecular formula is C24H20N2O4S. The van der Waals surface area contributed by atoms with E-state index in [2.05, 4.69) is 10.3 Å². The van der Waals surface area contributed by atoms with Crippen LogP contribution in [0.25, 0.3) is 11.1 Å². The average Bonchev–Trinajstić information content (AvgIpc) is 3.22. The zero-order valence-electron chi connectivity index (χ0n) is 17.0. The zero-order chi connectivity index (χ0) is 21.8. The minimum atomic E-state index is -0.453. The number of carbonyl (C=O) groups excluding carboxylic acids is 2. The molecule has 7 heteroatoms. The summed E-state index contributed by atoms with van der Waals surface area (Å²) in [6.07, 6.45) is 0. The van der Waals surface area contributed by atoms with E-state index in [4.69, 9.17) is 9.15 Å². The summed E-state index contributed by atoms with van der Waals surface area (Å²) >= 11 is 1.43. The Labute approximate surface area is 183 Å². The van der Waals surface area contributed by atoms with Gasteiger partial charge < -0.3 is 14.5 Å². The lowest BCUT2D eigenvalue weighted by atomic mass is 10.1. The van der Waals surface area contributed by atoms with Crippen LogP contribution in [-0.2, 0) is 10.5 Å². The number of hydrogen-bond acceptors (Lipinski definition) is 6. The van der Waals surface area contributed by atoms with Crippen molar-refractivity contribution in [1.29, 1.82) is 0 Å². The van der Waals surface area contributed by atoms with Gasteiger partial charge in [-0.2, -0.15) is 0 Å². The zero-order valence-corrected chi connectivity index (χ0v) is 17.9. The molecule has 4 rings (SSSR count). The molecule has 0 spiro atoms. The number of fused-ring (bicyclic) bond motifs is 1. The fourth-order valence-electron chi connectivity index (χ4n) is 3.11. The maximum Gasteiger partial charge on any atom is 0.337 e. The highest BCUT2D eigenvalue weighted by Gasteiger charge is 2.15. The van der Waals surface area contributed by atoms with E-state index in [0.717, 1.165) is 22.2 Å². The number of amides is 1. The highest BCUT2D eigenvalue weighted by atomic mass is 32.2. The molecule has 0 aliphatic rings. The second-order valence-electron chi connectivity index (χ2n) is 6.87. The van der Waals surface area contributed by atoms with Gasteiger partial charge in [-0.15, -0.1) is 0 Å². The molecule has 0 saturated carbocycles. The van der Waals surface area contributed by atoms with Crippen LogP contribution in [0.2, 0.25) is 0 Å². The number of para-hydroxylation sites is 2. The Kier molecular flexibility index (Phi) is 6.04. The third-order valence-corrected chi connectivity index (χ3v) is 5.67. The minimum Gasteiger partial charge on any atom is -0.465 e. The van der Waals surface area contributed by atoms with Gasteiger partial charge in [0, 0.05) is 17.0 Å². The number of benzene rings is 3. The van der Waals surface area contributed by atoms with Crippen LogP contribution >= 0.6 is 11.8 Å². The van der Waals surface area contributed by atoms with Crippen LogP contribution < -0.4 is 5.32 Å². The molecule has 4 aromatic rings. The molecule has 1 amide bonds. The van der Waals surface area contributed by atoms with Crippen LogP contribution in [0.3, 0.4) is 0 Å². The fraction of sp³-hybridized carbons (Fsp3) is 0.125.